The molecule has 5 heteroatoms. The Morgan fingerprint density at radius 2 is 1.90 bits per heavy atom. The minimum absolute atomic E-state index is 0.157. The van der Waals surface area contributed by atoms with Gasteiger partial charge in [0.15, 0.2) is 0 Å². The second kappa shape index (κ2) is 9.01. The van der Waals surface area contributed by atoms with E-state index in [-0.39, 0.29) is 5.91 Å². The lowest BCUT2D eigenvalue weighted by molar-refractivity contribution is 0.0632. The molecule has 1 aromatic rings. The molecule has 0 bridgehead atoms. The van der Waals surface area contributed by atoms with Crippen LogP contribution in [0.3, 0.4) is 0 Å². The van der Waals surface area contributed by atoms with Crippen LogP contribution in [0.5, 0.6) is 0 Å². The number of nitrogens with one attached hydrogen (secondary N) is 1. The summed E-state index contributed by atoms with van der Waals surface area (Å²) in [5, 5.41) is 3.58. The molecule has 4 rings (SSSR count). The molecule has 2 atom stereocenters. The number of rotatable bonds is 6. The van der Waals surface area contributed by atoms with Gasteiger partial charge < -0.3 is 15.1 Å². The van der Waals surface area contributed by atoms with E-state index in [9.17, 15) is 4.79 Å². The third-order valence-corrected chi connectivity index (χ3v) is 7.01. The number of piperazine rings is 1. The summed E-state index contributed by atoms with van der Waals surface area (Å²) < 4.78 is 0. The molecule has 2 heterocycles. The van der Waals surface area contributed by atoms with Crippen LogP contribution in [-0.2, 0) is 0 Å². The summed E-state index contributed by atoms with van der Waals surface area (Å²) in [6, 6.07) is 8.00. The quantitative estimate of drug-likeness (QED) is 0.770. The smallest absolute Gasteiger partial charge is 0.254 e. The molecule has 0 radical (unpaired) electrons. The van der Waals surface area contributed by atoms with Crippen LogP contribution in [0.4, 0.5) is 5.69 Å². The van der Waals surface area contributed by atoms with Crippen LogP contribution < -0.4 is 5.32 Å². The molecule has 0 aromatic heterocycles. The largest absolute Gasteiger partial charge is 0.361 e. The van der Waals surface area contributed by atoms with Crippen LogP contribution in [0.1, 0.15) is 44.0 Å². The normalized spacial score (nSPS) is 25.4. The zero-order chi connectivity index (χ0) is 21.3. The van der Waals surface area contributed by atoms with Crippen LogP contribution in [0, 0.1) is 23.7 Å². The SMILES string of the molecule is CC(C)C1C=C(Nc2cccc(C(=O)N3CCN(CC4CC4)CC3)c2)N(C)C[C@@H]1C. The van der Waals surface area contributed by atoms with E-state index < -0.39 is 0 Å². The molecule has 1 saturated heterocycles. The molecule has 1 aliphatic carbocycles. The molecule has 1 unspecified atom stereocenters. The summed E-state index contributed by atoms with van der Waals surface area (Å²) in [5.74, 6) is 4.06. The fourth-order valence-corrected chi connectivity index (χ4v) is 4.97. The monoisotopic (exact) mass is 410 g/mol. The fourth-order valence-electron chi connectivity index (χ4n) is 4.97. The summed E-state index contributed by atoms with van der Waals surface area (Å²) in [6.07, 6.45) is 5.15. The van der Waals surface area contributed by atoms with E-state index in [1.54, 1.807) is 0 Å². The van der Waals surface area contributed by atoms with Gasteiger partial charge in [-0.3, -0.25) is 9.69 Å². The zero-order valence-corrected chi connectivity index (χ0v) is 19.1. The van der Waals surface area contributed by atoms with E-state index in [0.717, 1.165) is 55.7 Å². The number of hydrogen-bond donors (Lipinski definition) is 1. The highest BCUT2D eigenvalue weighted by Crippen LogP contribution is 2.31. The summed E-state index contributed by atoms with van der Waals surface area (Å²) in [5.41, 5.74) is 1.77. The number of nitrogens with zero attached hydrogens (tertiary/aromatic N) is 3. The highest BCUT2D eigenvalue weighted by atomic mass is 16.2. The van der Waals surface area contributed by atoms with Gasteiger partial charge >= 0.3 is 0 Å². The Labute approximate surface area is 182 Å². The Balaban J connectivity index is 1.40. The minimum atomic E-state index is 0.157. The van der Waals surface area contributed by atoms with Crippen LogP contribution in [0.2, 0.25) is 0 Å². The van der Waals surface area contributed by atoms with Crippen molar-refractivity contribution in [2.24, 2.45) is 23.7 Å². The number of anilines is 1. The Bertz CT molecular complexity index is 777. The van der Waals surface area contributed by atoms with Crippen molar-refractivity contribution in [1.82, 2.24) is 14.7 Å². The maximum Gasteiger partial charge on any atom is 0.254 e. The lowest BCUT2D eigenvalue weighted by Gasteiger charge is -2.37. The van der Waals surface area contributed by atoms with Gasteiger partial charge in [0, 0.05) is 57.6 Å². The molecule has 164 valence electrons. The molecule has 5 nitrogen and oxygen atoms in total. The summed E-state index contributed by atoms with van der Waals surface area (Å²) in [4.78, 5) is 19.9. The van der Waals surface area contributed by atoms with E-state index in [2.05, 4.69) is 55.1 Å². The van der Waals surface area contributed by atoms with Gasteiger partial charge in [-0.25, -0.2) is 0 Å². The average Bonchev–Trinajstić information content (AvgIpc) is 3.54. The highest BCUT2D eigenvalue weighted by molar-refractivity contribution is 5.95. The second-order valence-corrected chi connectivity index (χ2v) is 9.97. The van der Waals surface area contributed by atoms with E-state index in [4.69, 9.17) is 0 Å². The standard InChI is InChI=1S/C25H38N4O/c1-18(2)23-15-24(27(4)16-19(23)3)26-22-7-5-6-21(14-22)25(30)29-12-10-28(11-13-29)17-20-8-9-20/h5-7,14-15,18-20,23,26H,8-13,16-17H2,1-4H3/t19-,23?/m0/s1. The van der Waals surface area contributed by atoms with Gasteiger partial charge in [-0.15, -0.1) is 0 Å². The molecule has 2 fully saturated rings. The first-order chi connectivity index (χ1) is 14.4. The molecule has 2 aliphatic heterocycles. The van der Waals surface area contributed by atoms with Crippen LogP contribution in [0.15, 0.2) is 36.2 Å². The number of amides is 1. The number of hydrogen-bond acceptors (Lipinski definition) is 4. The van der Waals surface area contributed by atoms with Gasteiger partial charge in [0.25, 0.3) is 5.91 Å². The molecule has 1 N–H and O–H groups in total. The third kappa shape index (κ3) is 5.00. The number of allylic oxidation sites excluding steroid dienone is 1. The molecular formula is C25H38N4O. The highest BCUT2D eigenvalue weighted by Gasteiger charge is 2.29. The molecule has 1 saturated carbocycles. The predicted molar refractivity (Wildman–Crippen MR) is 123 cm³/mol. The number of carbonyl (C=O) groups excluding carboxylic acids is 1. The van der Waals surface area contributed by atoms with Crippen molar-refractivity contribution in [3.63, 3.8) is 0 Å². The lowest BCUT2D eigenvalue weighted by atomic mass is 9.82. The topological polar surface area (TPSA) is 38.8 Å². The Morgan fingerprint density at radius 3 is 2.57 bits per heavy atom. The third-order valence-electron chi connectivity index (χ3n) is 7.01. The van der Waals surface area contributed by atoms with Crippen molar-refractivity contribution in [3.8, 4) is 0 Å². The van der Waals surface area contributed by atoms with Crippen LogP contribution in [0.25, 0.3) is 0 Å². The average molecular weight is 411 g/mol. The molecular weight excluding hydrogens is 372 g/mol. The first kappa shape index (κ1) is 21.2. The van der Waals surface area contributed by atoms with Gasteiger partial charge in [0.1, 0.15) is 5.82 Å². The van der Waals surface area contributed by atoms with Crippen molar-refractivity contribution in [1.29, 1.82) is 0 Å². The van der Waals surface area contributed by atoms with Gasteiger partial charge in [-0.05, 0) is 60.8 Å². The van der Waals surface area contributed by atoms with Gasteiger partial charge in [-0.1, -0.05) is 26.8 Å². The maximum atomic E-state index is 13.1. The second-order valence-electron chi connectivity index (χ2n) is 9.97. The van der Waals surface area contributed by atoms with E-state index in [0.29, 0.717) is 17.8 Å². The van der Waals surface area contributed by atoms with E-state index in [1.807, 2.05) is 23.1 Å². The fraction of sp³-hybridized carbons (Fsp3) is 0.640. The van der Waals surface area contributed by atoms with Crippen LogP contribution >= 0.6 is 0 Å². The summed E-state index contributed by atoms with van der Waals surface area (Å²) in [6.45, 7) is 12.9. The van der Waals surface area contributed by atoms with E-state index in [1.165, 1.54) is 19.4 Å². The first-order valence-corrected chi connectivity index (χ1v) is 11.7. The van der Waals surface area contributed by atoms with Gasteiger partial charge in [0.05, 0.1) is 0 Å². The summed E-state index contributed by atoms with van der Waals surface area (Å²) in [7, 11) is 2.14. The van der Waals surface area contributed by atoms with Crippen molar-refractivity contribution < 1.29 is 4.79 Å². The Morgan fingerprint density at radius 1 is 1.17 bits per heavy atom. The van der Waals surface area contributed by atoms with Crippen molar-refractivity contribution in [3.05, 3.63) is 41.7 Å². The van der Waals surface area contributed by atoms with Gasteiger partial charge in [-0.2, -0.15) is 0 Å². The number of carbonyl (C=O) groups is 1. The lowest BCUT2D eigenvalue weighted by Crippen LogP contribution is -2.49. The van der Waals surface area contributed by atoms with Crippen molar-refractivity contribution in [2.75, 3.05) is 51.6 Å². The predicted octanol–water partition coefficient (Wildman–Crippen LogP) is 3.96. The molecule has 0 spiro atoms. The van der Waals surface area contributed by atoms with Crippen molar-refractivity contribution >= 4 is 11.6 Å². The molecule has 30 heavy (non-hydrogen) atoms. The molecule has 1 aromatic carbocycles. The van der Waals surface area contributed by atoms with Crippen LogP contribution in [-0.4, -0.2) is 66.9 Å². The Hall–Kier alpha value is -2.01. The molecule has 3 aliphatic rings. The first-order valence-electron chi connectivity index (χ1n) is 11.7. The zero-order valence-electron chi connectivity index (χ0n) is 19.1. The van der Waals surface area contributed by atoms with E-state index >= 15 is 0 Å². The maximum absolute atomic E-state index is 13.1. The summed E-state index contributed by atoms with van der Waals surface area (Å²) >= 11 is 0. The van der Waals surface area contributed by atoms with Crippen molar-refractivity contribution in [2.45, 2.75) is 33.6 Å². The minimum Gasteiger partial charge on any atom is -0.361 e. The Kier molecular flexibility index (Phi) is 6.37. The molecule has 1 amide bonds. The van der Waals surface area contributed by atoms with Gasteiger partial charge in [0.2, 0.25) is 0 Å². The number of benzene rings is 1.